The van der Waals surface area contributed by atoms with Crippen molar-refractivity contribution in [1.29, 1.82) is 0 Å². The second-order valence-electron chi connectivity index (χ2n) is 5.68. The van der Waals surface area contributed by atoms with Gasteiger partial charge in [0, 0.05) is 12.0 Å². The minimum absolute atomic E-state index is 0.00247. The molecule has 0 aromatic heterocycles. The molecule has 1 aliphatic heterocycles. The summed E-state index contributed by atoms with van der Waals surface area (Å²) < 4.78 is 0. The van der Waals surface area contributed by atoms with Gasteiger partial charge in [-0.25, -0.2) is 0 Å². The smallest absolute Gasteiger partial charge is 0.234 e. The Balaban J connectivity index is 1.92. The van der Waals surface area contributed by atoms with Gasteiger partial charge in [-0.15, -0.1) is 6.42 Å². The number of carbonyl (C=O) groups excluding carboxylic acids is 1. The lowest BCUT2D eigenvalue weighted by Gasteiger charge is -2.39. The molecular formula is C15H24N2O2. The van der Waals surface area contributed by atoms with Crippen LogP contribution in [0.3, 0.4) is 0 Å². The molecule has 2 fully saturated rings. The Morgan fingerprint density at radius 2 is 2.16 bits per heavy atom. The number of aliphatic hydroxyl groups excluding tert-OH is 1. The van der Waals surface area contributed by atoms with E-state index in [9.17, 15) is 9.90 Å². The predicted octanol–water partition coefficient (Wildman–Crippen LogP) is 0.751. The van der Waals surface area contributed by atoms with Gasteiger partial charge in [0.2, 0.25) is 5.91 Å². The Bertz CT molecular complexity index is 351. The normalized spacial score (nSPS) is 31.9. The molecular weight excluding hydrogens is 240 g/mol. The van der Waals surface area contributed by atoms with E-state index in [1.807, 2.05) is 0 Å². The Morgan fingerprint density at radius 1 is 1.32 bits per heavy atom. The van der Waals surface area contributed by atoms with Crippen molar-refractivity contribution in [3.05, 3.63) is 0 Å². The summed E-state index contributed by atoms with van der Waals surface area (Å²) in [5.74, 6) is 2.76. The van der Waals surface area contributed by atoms with Crippen LogP contribution in [-0.4, -0.2) is 47.7 Å². The third-order valence-corrected chi connectivity index (χ3v) is 4.42. The van der Waals surface area contributed by atoms with Crippen LogP contribution in [0.1, 0.15) is 38.5 Å². The highest BCUT2D eigenvalue weighted by molar-refractivity contribution is 5.78. The summed E-state index contributed by atoms with van der Waals surface area (Å²) in [6.45, 7) is 1.66. The second-order valence-corrected chi connectivity index (χ2v) is 5.68. The molecule has 1 saturated heterocycles. The molecule has 2 rings (SSSR count). The zero-order chi connectivity index (χ0) is 13.7. The van der Waals surface area contributed by atoms with Crippen molar-refractivity contribution in [3.63, 3.8) is 0 Å². The Hall–Kier alpha value is -1.05. The summed E-state index contributed by atoms with van der Waals surface area (Å²) >= 11 is 0. The van der Waals surface area contributed by atoms with Gasteiger partial charge in [-0.05, 0) is 32.2 Å². The topological polar surface area (TPSA) is 52.6 Å². The average Bonchev–Trinajstić information content (AvgIpc) is 2.83. The summed E-state index contributed by atoms with van der Waals surface area (Å²) in [4.78, 5) is 14.0. The quantitative estimate of drug-likeness (QED) is 0.737. The highest BCUT2D eigenvalue weighted by atomic mass is 16.3. The number of hydrogen-bond acceptors (Lipinski definition) is 3. The maximum Gasteiger partial charge on any atom is 0.234 e. The second kappa shape index (κ2) is 6.93. The number of carbonyl (C=O) groups is 1. The molecule has 1 aliphatic carbocycles. The van der Waals surface area contributed by atoms with Crippen molar-refractivity contribution in [2.45, 2.75) is 50.7 Å². The average molecular weight is 264 g/mol. The zero-order valence-electron chi connectivity index (χ0n) is 11.5. The van der Waals surface area contributed by atoms with Gasteiger partial charge < -0.3 is 10.4 Å². The van der Waals surface area contributed by atoms with E-state index in [0.29, 0.717) is 25.0 Å². The van der Waals surface area contributed by atoms with E-state index in [1.54, 1.807) is 0 Å². The van der Waals surface area contributed by atoms with E-state index in [0.717, 1.165) is 38.6 Å². The fourth-order valence-corrected chi connectivity index (χ4v) is 3.51. The first-order valence-corrected chi connectivity index (χ1v) is 7.34. The van der Waals surface area contributed by atoms with Gasteiger partial charge in [-0.3, -0.25) is 9.69 Å². The van der Waals surface area contributed by atoms with Crippen molar-refractivity contribution in [1.82, 2.24) is 10.2 Å². The first-order chi connectivity index (χ1) is 9.22. The van der Waals surface area contributed by atoms with Crippen molar-refractivity contribution >= 4 is 5.91 Å². The van der Waals surface area contributed by atoms with Crippen LogP contribution in [0.25, 0.3) is 0 Å². The number of likely N-dealkylation sites (tertiary alicyclic amines) is 1. The van der Waals surface area contributed by atoms with E-state index in [1.165, 1.54) is 6.42 Å². The zero-order valence-corrected chi connectivity index (χ0v) is 11.5. The molecule has 2 N–H and O–H groups in total. The number of nitrogens with one attached hydrogen (secondary N) is 1. The van der Waals surface area contributed by atoms with Gasteiger partial charge in [0.15, 0.2) is 0 Å². The molecule has 1 amide bonds. The molecule has 0 spiro atoms. The molecule has 3 unspecified atom stereocenters. The maximum atomic E-state index is 11.8. The monoisotopic (exact) mass is 264 g/mol. The lowest BCUT2D eigenvalue weighted by molar-refractivity contribution is -0.123. The van der Waals surface area contributed by atoms with Gasteiger partial charge in [0.25, 0.3) is 0 Å². The number of aliphatic hydroxyl groups is 1. The highest BCUT2D eigenvalue weighted by Crippen LogP contribution is 2.34. The molecule has 0 aromatic carbocycles. The number of amides is 1. The predicted molar refractivity (Wildman–Crippen MR) is 74.4 cm³/mol. The van der Waals surface area contributed by atoms with E-state index in [2.05, 4.69) is 16.1 Å². The van der Waals surface area contributed by atoms with Gasteiger partial charge in [0.05, 0.1) is 19.2 Å². The Morgan fingerprint density at radius 3 is 2.84 bits per heavy atom. The van der Waals surface area contributed by atoms with Crippen LogP contribution in [0.4, 0.5) is 0 Å². The first kappa shape index (κ1) is 14.4. The summed E-state index contributed by atoms with van der Waals surface area (Å²) in [5.41, 5.74) is 0. The molecule has 4 heteroatoms. The molecule has 106 valence electrons. The number of nitrogens with zero attached hydrogens (tertiary/aromatic N) is 1. The molecule has 2 aliphatic rings. The van der Waals surface area contributed by atoms with Crippen LogP contribution in [0, 0.1) is 18.3 Å². The fourth-order valence-electron chi connectivity index (χ4n) is 3.51. The summed E-state index contributed by atoms with van der Waals surface area (Å²) in [5, 5.41) is 12.8. The third-order valence-electron chi connectivity index (χ3n) is 4.42. The number of terminal acetylenes is 1. The SMILES string of the molecule is C#CCNC(=O)CN1CCCCC1C1CCCC1O. The van der Waals surface area contributed by atoms with E-state index >= 15 is 0 Å². The largest absolute Gasteiger partial charge is 0.393 e. The lowest BCUT2D eigenvalue weighted by atomic mass is 9.88. The molecule has 1 heterocycles. The summed E-state index contributed by atoms with van der Waals surface area (Å²) in [6, 6.07) is 0.364. The van der Waals surface area contributed by atoms with Crippen molar-refractivity contribution < 1.29 is 9.90 Å². The molecule has 0 bridgehead atoms. The number of piperidine rings is 1. The van der Waals surface area contributed by atoms with E-state index in [4.69, 9.17) is 6.42 Å². The van der Waals surface area contributed by atoms with E-state index < -0.39 is 0 Å². The third kappa shape index (κ3) is 3.71. The lowest BCUT2D eigenvalue weighted by Crippen LogP contribution is -2.50. The minimum Gasteiger partial charge on any atom is -0.393 e. The molecule has 1 saturated carbocycles. The molecule has 0 radical (unpaired) electrons. The number of hydrogen-bond donors (Lipinski definition) is 2. The van der Waals surface area contributed by atoms with Crippen LogP contribution in [-0.2, 0) is 4.79 Å². The van der Waals surface area contributed by atoms with Gasteiger partial charge in [0.1, 0.15) is 0 Å². The van der Waals surface area contributed by atoms with Crippen molar-refractivity contribution in [2.24, 2.45) is 5.92 Å². The highest BCUT2D eigenvalue weighted by Gasteiger charge is 2.37. The Labute approximate surface area is 115 Å². The Kier molecular flexibility index (Phi) is 5.24. The van der Waals surface area contributed by atoms with Gasteiger partial charge in [-0.1, -0.05) is 18.8 Å². The van der Waals surface area contributed by atoms with E-state index in [-0.39, 0.29) is 12.0 Å². The summed E-state index contributed by atoms with van der Waals surface area (Å²) in [7, 11) is 0. The standard InChI is InChI=1S/C15H24N2O2/c1-2-9-16-15(19)11-17-10-4-3-7-13(17)12-6-5-8-14(12)18/h1,12-14,18H,3-11H2,(H,16,19). The number of rotatable bonds is 4. The van der Waals surface area contributed by atoms with Gasteiger partial charge in [-0.2, -0.15) is 0 Å². The molecule has 4 nitrogen and oxygen atoms in total. The molecule has 19 heavy (non-hydrogen) atoms. The maximum absolute atomic E-state index is 11.8. The van der Waals surface area contributed by atoms with Crippen LogP contribution in [0.15, 0.2) is 0 Å². The fraction of sp³-hybridized carbons (Fsp3) is 0.800. The first-order valence-electron chi connectivity index (χ1n) is 7.34. The minimum atomic E-state index is -0.181. The summed E-state index contributed by atoms with van der Waals surface area (Å²) in [6.07, 6.45) is 11.5. The van der Waals surface area contributed by atoms with Gasteiger partial charge >= 0.3 is 0 Å². The van der Waals surface area contributed by atoms with Crippen LogP contribution in [0.5, 0.6) is 0 Å². The van der Waals surface area contributed by atoms with Crippen molar-refractivity contribution in [3.8, 4) is 12.3 Å². The van der Waals surface area contributed by atoms with Crippen molar-refractivity contribution in [2.75, 3.05) is 19.6 Å². The molecule has 0 aromatic rings. The van der Waals surface area contributed by atoms with Crippen LogP contribution < -0.4 is 5.32 Å². The van der Waals surface area contributed by atoms with Crippen LogP contribution in [0.2, 0.25) is 0 Å². The van der Waals surface area contributed by atoms with Crippen LogP contribution >= 0.6 is 0 Å². The molecule has 3 atom stereocenters.